The van der Waals surface area contributed by atoms with E-state index < -0.39 is 28.5 Å². The van der Waals surface area contributed by atoms with Gasteiger partial charge in [0, 0.05) is 30.7 Å². The van der Waals surface area contributed by atoms with E-state index in [0.29, 0.717) is 0 Å². The van der Waals surface area contributed by atoms with Crippen molar-refractivity contribution >= 4 is 50.1 Å². The zero-order valence-corrected chi connectivity index (χ0v) is 17.2. The summed E-state index contributed by atoms with van der Waals surface area (Å²) in [5.74, 6) is -1.30. The Hall–Kier alpha value is -2.88. The van der Waals surface area contributed by atoms with Gasteiger partial charge in [-0.1, -0.05) is 29.8 Å². The summed E-state index contributed by atoms with van der Waals surface area (Å²) in [6, 6.07) is 13.0. The van der Waals surface area contributed by atoms with Crippen LogP contribution in [0.2, 0.25) is 5.02 Å². The van der Waals surface area contributed by atoms with Crippen LogP contribution in [0.5, 0.6) is 0 Å². The fourth-order valence-electron chi connectivity index (χ4n) is 2.56. The maximum absolute atomic E-state index is 12.3. The molecule has 152 valence electrons. The molecule has 0 atom stereocenters. The molecule has 1 heterocycles. The molecule has 1 aromatic heterocycles. The molecule has 8 nitrogen and oxygen atoms in total. The second-order valence-corrected chi connectivity index (χ2v) is 8.85. The molecular weight excluding hydrogens is 418 g/mol. The van der Waals surface area contributed by atoms with E-state index >= 15 is 0 Å². The zero-order chi connectivity index (χ0) is 21.2. The molecule has 0 spiro atoms. The number of ether oxygens (including phenoxy) is 1. The first-order valence-corrected chi connectivity index (χ1v) is 10.3. The molecule has 0 fully saturated rings. The molecule has 0 aliphatic carbocycles. The van der Waals surface area contributed by atoms with Gasteiger partial charge in [-0.25, -0.2) is 17.5 Å². The highest BCUT2D eigenvalue weighted by atomic mass is 35.5. The highest BCUT2D eigenvalue weighted by Crippen LogP contribution is 2.26. The predicted octanol–water partition coefficient (Wildman–Crippen LogP) is 2.87. The molecule has 2 N–H and O–H groups in total. The van der Waals surface area contributed by atoms with Crippen LogP contribution in [0.15, 0.2) is 53.4 Å². The molecule has 2 aromatic carbocycles. The lowest BCUT2D eigenvalue weighted by Crippen LogP contribution is -2.23. The largest absolute Gasteiger partial charge is 0.451 e. The van der Waals surface area contributed by atoms with E-state index in [1.165, 1.54) is 32.3 Å². The predicted molar refractivity (Wildman–Crippen MR) is 110 cm³/mol. The second kappa shape index (κ2) is 8.24. The van der Waals surface area contributed by atoms with Gasteiger partial charge in [0.2, 0.25) is 10.0 Å². The van der Waals surface area contributed by atoms with Gasteiger partial charge in [-0.3, -0.25) is 4.79 Å². The third kappa shape index (κ3) is 4.58. The van der Waals surface area contributed by atoms with Crippen molar-refractivity contribution in [2.75, 3.05) is 26.0 Å². The molecule has 10 heteroatoms. The molecule has 0 saturated carbocycles. The smallest absolute Gasteiger partial charge is 0.355 e. The Morgan fingerprint density at radius 1 is 1.14 bits per heavy atom. The van der Waals surface area contributed by atoms with Gasteiger partial charge >= 0.3 is 5.97 Å². The van der Waals surface area contributed by atoms with Gasteiger partial charge in [-0.2, -0.15) is 0 Å². The van der Waals surface area contributed by atoms with Crippen LogP contribution >= 0.6 is 11.6 Å². The molecule has 1 amide bonds. The summed E-state index contributed by atoms with van der Waals surface area (Å²) in [7, 11) is -1.03. The van der Waals surface area contributed by atoms with Crippen LogP contribution in [0.1, 0.15) is 10.5 Å². The summed E-state index contributed by atoms with van der Waals surface area (Å²) in [5, 5.41) is 3.36. The lowest BCUT2D eigenvalue weighted by atomic mass is 10.2. The van der Waals surface area contributed by atoms with Crippen LogP contribution < -0.4 is 5.32 Å². The van der Waals surface area contributed by atoms with Crippen LogP contribution in [0.4, 0.5) is 5.69 Å². The number of carbonyl (C=O) groups is 2. The van der Waals surface area contributed by atoms with E-state index in [0.717, 1.165) is 15.2 Å². The lowest BCUT2D eigenvalue weighted by Gasteiger charge is -2.14. The molecule has 0 unspecified atom stereocenters. The molecular formula is C19H18ClN3O5S. The molecule has 0 radical (unpaired) electrons. The number of amides is 1. The number of nitrogens with one attached hydrogen (secondary N) is 2. The molecule has 3 rings (SSSR count). The SMILES string of the molecule is CN(C)S(=O)(=O)c1cc(NC(=O)COC(=O)c2cc3ccccc3[nH]2)ccc1Cl. The van der Waals surface area contributed by atoms with Crippen molar-refractivity contribution in [3.63, 3.8) is 0 Å². The lowest BCUT2D eigenvalue weighted by molar-refractivity contribution is -0.119. The highest BCUT2D eigenvalue weighted by Gasteiger charge is 2.21. The van der Waals surface area contributed by atoms with E-state index in [2.05, 4.69) is 10.3 Å². The monoisotopic (exact) mass is 435 g/mol. The number of H-pyrrole nitrogens is 1. The first-order chi connectivity index (χ1) is 13.7. The normalized spacial score (nSPS) is 11.6. The van der Waals surface area contributed by atoms with E-state index in [9.17, 15) is 18.0 Å². The number of nitrogens with zero attached hydrogens (tertiary/aromatic N) is 1. The van der Waals surface area contributed by atoms with E-state index in [1.807, 2.05) is 24.3 Å². The maximum atomic E-state index is 12.3. The number of anilines is 1. The summed E-state index contributed by atoms with van der Waals surface area (Å²) < 4.78 is 30.6. The average molecular weight is 436 g/mol. The summed E-state index contributed by atoms with van der Waals surface area (Å²) >= 11 is 5.97. The second-order valence-electron chi connectivity index (χ2n) is 6.33. The minimum Gasteiger partial charge on any atom is -0.451 e. The van der Waals surface area contributed by atoms with Crippen molar-refractivity contribution < 1.29 is 22.7 Å². The minimum absolute atomic E-state index is 0.0296. The maximum Gasteiger partial charge on any atom is 0.355 e. The van der Waals surface area contributed by atoms with Gasteiger partial charge in [0.25, 0.3) is 5.91 Å². The van der Waals surface area contributed by atoms with Gasteiger partial charge in [-0.05, 0) is 30.3 Å². The van der Waals surface area contributed by atoms with Gasteiger partial charge in [0.1, 0.15) is 10.6 Å². The Bertz CT molecular complexity index is 1150. The number of rotatable bonds is 6. The number of fused-ring (bicyclic) bond motifs is 1. The van der Waals surface area contributed by atoms with Gasteiger partial charge < -0.3 is 15.0 Å². The standard InChI is InChI=1S/C19H18ClN3O5S/c1-23(2)29(26,27)17-10-13(7-8-14(17)20)21-18(24)11-28-19(25)16-9-12-5-3-4-6-15(12)22-16/h3-10,22H,11H2,1-2H3,(H,21,24). The van der Waals surface area contributed by atoms with Crippen LogP contribution in [0.25, 0.3) is 10.9 Å². The van der Waals surface area contributed by atoms with Crippen molar-refractivity contribution in [2.45, 2.75) is 4.90 Å². The van der Waals surface area contributed by atoms with Crippen molar-refractivity contribution in [1.82, 2.24) is 9.29 Å². The number of para-hydroxylation sites is 1. The molecule has 0 bridgehead atoms. The average Bonchev–Trinajstić information content (AvgIpc) is 3.11. The minimum atomic E-state index is -3.78. The number of hydrogen-bond donors (Lipinski definition) is 2. The topological polar surface area (TPSA) is 109 Å². The number of aromatic amines is 1. The first kappa shape index (κ1) is 20.8. The summed E-state index contributed by atoms with van der Waals surface area (Å²) in [6.07, 6.45) is 0. The third-order valence-corrected chi connectivity index (χ3v) is 6.35. The zero-order valence-electron chi connectivity index (χ0n) is 15.6. The molecule has 29 heavy (non-hydrogen) atoms. The summed E-state index contributed by atoms with van der Waals surface area (Å²) in [5.41, 5.74) is 1.21. The fourth-order valence-corrected chi connectivity index (χ4v) is 3.96. The van der Waals surface area contributed by atoms with Gasteiger partial charge in [-0.15, -0.1) is 0 Å². The van der Waals surface area contributed by atoms with E-state index in [1.54, 1.807) is 6.07 Å². The first-order valence-electron chi connectivity index (χ1n) is 8.45. The Morgan fingerprint density at radius 3 is 2.55 bits per heavy atom. The molecule has 0 saturated heterocycles. The third-order valence-electron chi connectivity index (χ3n) is 4.06. The number of esters is 1. The molecule has 3 aromatic rings. The van der Waals surface area contributed by atoms with E-state index in [4.69, 9.17) is 16.3 Å². The number of carbonyl (C=O) groups excluding carboxylic acids is 2. The summed E-state index contributed by atoms with van der Waals surface area (Å²) in [4.78, 5) is 27.0. The van der Waals surface area contributed by atoms with Crippen molar-refractivity contribution in [3.05, 3.63) is 59.2 Å². The Morgan fingerprint density at radius 2 is 1.86 bits per heavy atom. The quantitative estimate of drug-likeness (QED) is 0.579. The molecule has 0 aliphatic heterocycles. The summed E-state index contributed by atoms with van der Waals surface area (Å²) in [6.45, 7) is -0.535. The van der Waals surface area contributed by atoms with Crippen molar-refractivity contribution in [3.8, 4) is 0 Å². The van der Waals surface area contributed by atoms with Gasteiger partial charge in [0.05, 0.1) is 5.02 Å². The van der Waals surface area contributed by atoms with E-state index in [-0.39, 0.29) is 21.3 Å². The number of halogens is 1. The Kier molecular flexibility index (Phi) is 5.92. The number of hydrogen-bond acceptors (Lipinski definition) is 5. The van der Waals surface area contributed by atoms with Crippen molar-refractivity contribution in [1.29, 1.82) is 0 Å². The van der Waals surface area contributed by atoms with Crippen LogP contribution in [-0.4, -0.2) is 50.3 Å². The fraction of sp³-hybridized carbons (Fsp3) is 0.158. The van der Waals surface area contributed by atoms with Crippen LogP contribution in [0, 0.1) is 0 Å². The molecule has 0 aliphatic rings. The highest BCUT2D eigenvalue weighted by molar-refractivity contribution is 7.89. The number of sulfonamides is 1. The number of aromatic nitrogens is 1. The Labute approximate surface area is 172 Å². The van der Waals surface area contributed by atoms with Crippen LogP contribution in [-0.2, 0) is 19.6 Å². The van der Waals surface area contributed by atoms with Crippen molar-refractivity contribution in [2.24, 2.45) is 0 Å². The van der Waals surface area contributed by atoms with Gasteiger partial charge in [0.15, 0.2) is 6.61 Å². The Balaban J connectivity index is 1.65. The van der Waals surface area contributed by atoms with Crippen LogP contribution in [0.3, 0.4) is 0 Å². The number of benzene rings is 2.